The minimum atomic E-state index is -4.86. The Kier molecular flexibility index (Phi) is 6.33. The molecule has 3 rings (SSSR count). The van der Waals surface area contributed by atoms with E-state index in [0.717, 1.165) is 49.1 Å². The van der Waals surface area contributed by atoms with Crippen molar-refractivity contribution < 1.29 is 37.4 Å². The molecule has 0 unspecified atom stereocenters. The second-order valence-electron chi connectivity index (χ2n) is 7.37. The van der Waals surface area contributed by atoms with E-state index >= 15 is 0 Å². The summed E-state index contributed by atoms with van der Waals surface area (Å²) < 4.78 is 41.0. The Labute approximate surface area is 169 Å². The Hall–Kier alpha value is -3.04. The summed E-state index contributed by atoms with van der Waals surface area (Å²) >= 11 is 0. The van der Waals surface area contributed by atoms with Gasteiger partial charge in [-0.3, -0.25) is 14.4 Å². The number of aromatic amines is 1. The molecule has 1 aliphatic carbocycles. The molecule has 1 aromatic carbocycles. The van der Waals surface area contributed by atoms with Gasteiger partial charge in [-0.25, -0.2) is 0 Å². The number of carbonyl (C=O) groups is 3. The first kappa shape index (κ1) is 21.7. The number of benzene rings is 1. The molecule has 0 aliphatic heterocycles. The van der Waals surface area contributed by atoms with Gasteiger partial charge >= 0.3 is 12.3 Å². The van der Waals surface area contributed by atoms with Crippen molar-refractivity contribution in [1.29, 1.82) is 0 Å². The molecule has 0 bridgehead atoms. The van der Waals surface area contributed by atoms with Crippen molar-refractivity contribution in [2.75, 3.05) is 13.1 Å². The highest BCUT2D eigenvalue weighted by molar-refractivity contribution is 6.45. The van der Waals surface area contributed by atoms with E-state index in [9.17, 15) is 27.6 Å². The average molecular weight is 426 g/mol. The number of halogens is 3. The number of nitrogens with one attached hydrogen (secondary N) is 1. The molecule has 1 fully saturated rings. The van der Waals surface area contributed by atoms with Gasteiger partial charge in [0.25, 0.3) is 11.7 Å². The summed E-state index contributed by atoms with van der Waals surface area (Å²) in [5.41, 5.74) is 0.151. The number of amides is 1. The number of aromatic nitrogens is 1. The second-order valence-corrected chi connectivity index (χ2v) is 7.37. The lowest BCUT2D eigenvalue weighted by Crippen LogP contribution is -2.43. The molecule has 10 heteroatoms. The summed E-state index contributed by atoms with van der Waals surface area (Å²) in [5.74, 6) is -3.41. The molecule has 162 valence electrons. The fourth-order valence-electron chi connectivity index (χ4n) is 3.81. The maximum atomic E-state index is 12.8. The fraction of sp³-hybridized carbons (Fsp3) is 0.450. The molecule has 1 aliphatic rings. The lowest BCUT2D eigenvalue weighted by Gasteiger charge is -2.28. The molecular weight excluding hydrogens is 405 g/mol. The zero-order chi connectivity index (χ0) is 21.9. The smallest absolute Gasteiger partial charge is 0.480 e. The third kappa shape index (κ3) is 5.31. The van der Waals surface area contributed by atoms with Gasteiger partial charge in [0.15, 0.2) is 0 Å². The summed E-state index contributed by atoms with van der Waals surface area (Å²) in [7, 11) is 0. The van der Waals surface area contributed by atoms with Crippen LogP contribution in [0.2, 0.25) is 0 Å². The largest absolute Gasteiger partial charge is 0.573 e. The van der Waals surface area contributed by atoms with E-state index < -0.39 is 36.3 Å². The third-order valence-electron chi connectivity index (χ3n) is 5.14. The number of ketones is 1. The average Bonchev–Trinajstić information content (AvgIpc) is 3.08. The fourth-order valence-corrected chi connectivity index (χ4v) is 3.81. The number of carboxylic acids is 1. The molecule has 2 N–H and O–H groups in total. The van der Waals surface area contributed by atoms with Crippen LogP contribution in [0, 0.1) is 5.92 Å². The zero-order valence-corrected chi connectivity index (χ0v) is 16.0. The molecule has 2 aromatic rings. The van der Waals surface area contributed by atoms with E-state index in [0.29, 0.717) is 0 Å². The number of hydrogen-bond acceptors (Lipinski definition) is 4. The Morgan fingerprint density at radius 3 is 2.50 bits per heavy atom. The van der Waals surface area contributed by atoms with Crippen LogP contribution in [0.15, 0.2) is 24.4 Å². The van der Waals surface area contributed by atoms with Crippen molar-refractivity contribution >= 4 is 28.6 Å². The highest BCUT2D eigenvalue weighted by Crippen LogP contribution is 2.29. The second kappa shape index (κ2) is 8.76. The number of ether oxygens (including phenoxy) is 1. The van der Waals surface area contributed by atoms with Crippen molar-refractivity contribution in [2.24, 2.45) is 5.92 Å². The van der Waals surface area contributed by atoms with E-state index in [4.69, 9.17) is 5.11 Å². The first-order valence-electron chi connectivity index (χ1n) is 9.56. The Bertz CT molecular complexity index is 948. The maximum Gasteiger partial charge on any atom is 0.573 e. The maximum absolute atomic E-state index is 12.8. The first-order chi connectivity index (χ1) is 14.1. The molecule has 1 aromatic heterocycles. The molecule has 0 spiro atoms. The summed E-state index contributed by atoms with van der Waals surface area (Å²) in [6.07, 6.45) is 1.20. The third-order valence-corrected chi connectivity index (χ3v) is 5.14. The van der Waals surface area contributed by atoms with Gasteiger partial charge in [-0.1, -0.05) is 19.3 Å². The van der Waals surface area contributed by atoms with Crippen molar-refractivity contribution in [2.45, 2.75) is 38.5 Å². The van der Waals surface area contributed by atoms with E-state index in [1.807, 2.05) is 0 Å². The van der Waals surface area contributed by atoms with Gasteiger partial charge in [-0.05, 0) is 30.9 Å². The van der Waals surface area contributed by atoms with Gasteiger partial charge in [-0.15, -0.1) is 13.2 Å². The van der Waals surface area contributed by atoms with Crippen LogP contribution in [-0.2, 0) is 9.59 Å². The number of fused-ring (bicyclic) bond motifs is 1. The number of alkyl halides is 3. The highest BCUT2D eigenvalue weighted by atomic mass is 19.4. The van der Waals surface area contributed by atoms with Crippen molar-refractivity contribution in [3.63, 3.8) is 0 Å². The van der Waals surface area contributed by atoms with Crippen LogP contribution in [0.1, 0.15) is 42.5 Å². The van der Waals surface area contributed by atoms with Crippen LogP contribution in [-0.4, -0.2) is 52.1 Å². The van der Waals surface area contributed by atoms with E-state index in [1.165, 1.54) is 12.3 Å². The minimum Gasteiger partial charge on any atom is -0.480 e. The lowest BCUT2D eigenvalue weighted by atomic mass is 9.89. The van der Waals surface area contributed by atoms with Crippen LogP contribution < -0.4 is 4.74 Å². The number of aliphatic carboxylic acids is 1. The predicted molar refractivity (Wildman–Crippen MR) is 100 cm³/mol. The van der Waals surface area contributed by atoms with E-state index in [1.54, 1.807) is 0 Å². The number of nitrogens with zero attached hydrogens (tertiary/aromatic N) is 1. The SMILES string of the molecule is O=C(O)CN(CC1CCCCC1)C(=O)C(=O)c1c[nH]c2cc(OC(F)(F)F)ccc12. The summed E-state index contributed by atoms with van der Waals surface area (Å²) in [6.45, 7) is -0.407. The number of H-pyrrole nitrogens is 1. The standard InChI is InChI=1S/C20H21F3N2O5/c21-20(22,23)30-13-6-7-14-15(9-24-16(14)8-13)18(28)19(29)25(11-17(26)27)10-12-4-2-1-3-5-12/h6-9,12,24H,1-5,10-11H2,(H,26,27). The number of rotatable bonds is 7. The van der Waals surface area contributed by atoms with Gasteiger partial charge in [0.1, 0.15) is 12.3 Å². The molecule has 1 amide bonds. The topological polar surface area (TPSA) is 99.7 Å². The Morgan fingerprint density at radius 1 is 1.17 bits per heavy atom. The predicted octanol–water partition coefficient (Wildman–Crippen LogP) is 3.74. The quantitative estimate of drug-likeness (QED) is 0.519. The first-order valence-corrected chi connectivity index (χ1v) is 9.56. The van der Waals surface area contributed by atoms with E-state index in [-0.39, 0.29) is 28.9 Å². The van der Waals surface area contributed by atoms with Crippen LogP contribution >= 0.6 is 0 Å². The Balaban J connectivity index is 1.81. The van der Waals surface area contributed by atoms with Crippen LogP contribution in [0.5, 0.6) is 5.75 Å². The zero-order valence-electron chi connectivity index (χ0n) is 16.0. The highest BCUT2D eigenvalue weighted by Gasteiger charge is 2.32. The molecule has 30 heavy (non-hydrogen) atoms. The van der Waals surface area contributed by atoms with Gasteiger partial charge in [0.2, 0.25) is 0 Å². The molecule has 7 nitrogen and oxygen atoms in total. The molecule has 0 saturated heterocycles. The van der Waals surface area contributed by atoms with Gasteiger partial charge in [0.05, 0.1) is 5.56 Å². The molecule has 0 atom stereocenters. The van der Waals surface area contributed by atoms with Crippen LogP contribution in [0.3, 0.4) is 0 Å². The number of carbonyl (C=O) groups excluding carboxylic acids is 2. The summed E-state index contributed by atoms with van der Waals surface area (Å²) in [6, 6.07) is 3.36. The lowest BCUT2D eigenvalue weighted by molar-refractivity contribution is -0.274. The minimum absolute atomic E-state index is 0.0346. The van der Waals surface area contributed by atoms with E-state index in [2.05, 4.69) is 9.72 Å². The summed E-state index contributed by atoms with van der Waals surface area (Å²) in [5, 5.41) is 9.40. The van der Waals surface area contributed by atoms with Crippen LogP contribution in [0.4, 0.5) is 13.2 Å². The molecular formula is C20H21F3N2O5. The Morgan fingerprint density at radius 2 is 1.87 bits per heavy atom. The van der Waals surface area contributed by atoms with Gasteiger partial charge in [-0.2, -0.15) is 0 Å². The van der Waals surface area contributed by atoms with Crippen molar-refractivity contribution in [1.82, 2.24) is 9.88 Å². The number of Topliss-reactive ketones (excluding diaryl/α,β-unsaturated/α-hetero) is 1. The molecule has 1 heterocycles. The van der Waals surface area contributed by atoms with Crippen molar-refractivity contribution in [3.05, 3.63) is 30.0 Å². The molecule has 0 radical (unpaired) electrons. The van der Waals surface area contributed by atoms with Gasteiger partial charge < -0.3 is 19.7 Å². The normalized spacial score (nSPS) is 15.2. The summed E-state index contributed by atoms with van der Waals surface area (Å²) in [4.78, 5) is 40.5. The number of hydrogen-bond donors (Lipinski definition) is 2. The molecule has 1 saturated carbocycles. The van der Waals surface area contributed by atoms with Crippen molar-refractivity contribution in [3.8, 4) is 5.75 Å². The van der Waals surface area contributed by atoms with Gasteiger partial charge in [0, 0.05) is 29.7 Å². The monoisotopic (exact) mass is 426 g/mol. The van der Waals surface area contributed by atoms with Crippen LogP contribution in [0.25, 0.3) is 10.9 Å². The number of carboxylic acid groups (broad SMARTS) is 1.